The Kier molecular flexibility index (Phi) is 8.59. The van der Waals surface area contributed by atoms with Gasteiger partial charge in [-0.1, -0.05) is 60.7 Å². The summed E-state index contributed by atoms with van der Waals surface area (Å²) in [7, 11) is -4.29. The van der Waals surface area contributed by atoms with Crippen LogP contribution >= 0.6 is 0 Å². The SMILES string of the molecule is CCNC(=O)C(C)N(Cc1ccccc1)C(=O)CN(c1ccccc1F)S(=O)(=O)c1ccccc1. The molecule has 0 spiro atoms. The third-order valence-electron chi connectivity index (χ3n) is 5.45. The third kappa shape index (κ3) is 6.24. The largest absolute Gasteiger partial charge is 0.355 e. The molecular weight excluding hydrogens is 469 g/mol. The van der Waals surface area contributed by atoms with Crippen molar-refractivity contribution in [1.29, 1.82) is 0 Å². The quantitative estimate of drug-likeness (QED) is 0.464. The summed E-state index contributed by atoms with van der Waals surface area (Å²) in [4.78, 5) is 27.4. The summed E-state index contributed by atoms with van der Waals surface area (Å²) in [5, 5.41) is 2.69. The maximum Gasteiger partial charge on any atom is 0.264 e. The molecule has 0 saturated carbocycles. The van der Waals surface area contributed by atoms with Gasteiger partial charge in [-0.3, -0.25) is 13.9 Å². The molecule has 184 valence electrons. The molecule has 0 aromatic heterocycles. The minimum absolute atomic E-state index is 0.0778. The maximum absolute atomic E-state index is 14.8. The van der Waals surface area contributed by atoms with Gasteiger partial charge in [-0.15, -0.1) is 0 Å². The molecule has 2 amide bonds. The first-order valence-corrected chi connectivity index (χ1v) is 12.6. The second kappa shape index (κ2) is 11.6. The van der Waals surface area contributed by atoms with Gasteiger partial charge in [0.1, 0.15) is 18.4 Å². The molecule has 0 aliphatic rings. The predicted molar refractivity (Wildman–Crippen MR) is 133 cm³/mol. The van der Waals surface area contributed by atoms with Crippen LogP contribution in [0.2, 0.25) is 0 Å². The Bertz CT molecular complexity index is 1250. The Labute approximate surface area is 205 Å². The van der Waals surface area contributed by atoms with Gasteiger partial charge in [0.25, 0.3) is 10.0 Å². The molecule has 3 aromatic carbocycles. The number of nitrogens with one attached hydrogen (secondary N) is 1. The van der Waals surface area contributed by atoms with Gasteiger partial charge in [-0.05, 0) is 43.7 Å². The minimum atomic E-state index is -4.29. The van der Waals surface area contributed by atoms with Gasteiger partial charge < -0.3 is 10.2 Å². The Morgan fingerprint density at radius 2 is 1.49 bits per heavy atom. The smallest absolute Gasteiger partial charge is 0.264 e. The van der Waals surface area contributed by atoms with E-state index in [2.05, 4.69) is 5.32 Å². The first-order valence-electron chi connectivity index (χ1n) is 11.2. The van der Waals surface area contributed by atoms with Gasteiger partial charge in [0, 0.05) is 13.1 Å². The third-order valence-corrected chi connectivity index (χ3v) is 7.22. The summed E-state index contributed by atoms with van der Waals surface area (Å²) in [6, 6.07) is 21.1. The lowest BCUT2D eigenvalue weighted by Crippen LogP contribution is -2.51. The topological polar surface area (TPSA) is 86.8 Å². The zero-order valence-electron chi connectivity index (χ0n) is 19.6. The van der Waals surface area contributed by atoms with Crippen molar-refractivity contribution in [1.82, 2.24) is 10.2 Å². The highest BCUT2D eigenvalue weighted by Crippen LogP contribution is 2.26. The van der Waals surface area contributed by atoms with E-state index >= 15 is 0 Å². The molecule has 35 heavy (non-hydrogen) atoms. The number of nitrogens with zero attached hydrogens (tertiary/aromatic N) is 2. The summed E-state index contributed by atoms with van der Waals surface area (Å²) in [6.45, 7) is 3.11. The first kappa shape index (κ1) is 25.9. The highest BCUT2D eigenvalue weighted by atomic mass is 32.2. The van der Waals surface area contributed by atoms with Crippen molar-refractivity contribution >= 4 is 27.5 Å². The van der Waals surface area contributed by atoms with Crippen molar-refractivity contribution in [2.75, 3.05) is 17.4 Å². The Balaban J connectivity index is 2.02. The van der Waals surface area contributed by atoms with Crippen LogP contribution < -0.4 is 9.62 Å². The van der Waals surface area contributed by atoms with E-state index in [9.17, 15) is 22.4 Å². The van der Waals surface area contributed by atoms with Crippen molar-refractivity contribution in [2.45, 2.75) is 31.3 Å². The molecule has 9 heteroatoms. The molecule has 0 heterocycles. The number of amides is 2. The van der Waals surface area contributed by atoms with Crippen molar-refractivity contribution in [3.63, 3.8) is 0 Å². The van der Waals surface area contributed by atoms with E-state index in [4.69, 9.17) is 0 Å². The molecule has 3 rings (SSSR count). The average molecular weight is 498 g/mol. The van der Waals surface area contributed by atoms with Crippen molar-refractivity contribution in [3.05, 3.63) is 96.3 Å². The summed E-state index contributed by atoms with van der Waals surface area (Å²) in [5.41, 5.74) is 0.510. The van der Waals surface area contributed by atoms with Crippen LogP contribution in [-0.4, -0.2) is 44.3 Å². The van der Waals surface area contributed by atoms with Crippen LogP contribution in [0.3, 0.4) is 0 Å². The predicted octanol–water partition coefficient (Wildman–Crippen LogP) is 3.57. The first-order chi connectivity index (χ1) is 16.8. The summed E-state index contributed by atoms with van der Waals surface area (Å²) < 4.78 is 42.6. The molecule has 0 aliphatic carbocycles. The van der Waals surface area contributed by atoms with Crippen LogP contribution in [0.15, 0.2) is 89.8 Å². The molecule has 1 N–H and O–H groups in total. The van der Waals surface area contributed by atoms with Gasteiger partial charge >= 0.3 is 0 Å². The lowest BCUT2D eigenvalue weighted by molar-refractivity contribution is -0.139. The van der Waals surface area contributed by atoms with E-state index in [1.165, 1.54) is 35.2 Å². The van der Waals surface area contributed by atoms with Gasteiger partial charge in [0.2, 0.25) is 11.8 Å². The maximum atomic E-state index is 14.8. The molecule has 0 fully saturated rings. The van der Waals surface area contributed by atoms with Crippen LogP contribution in [0, 0.1) is 5.82 Å². The molecule has 7 nitrogen and oxygen atoms in total. The number of carbonyl (C=O) groups is 2. The van der Waals surface area contributed by atoms with E-state index in [1.54, 1.807) is 56.3 Å². The zero-order chi connectivity index (χ0) is 25.4. The average Bonchev–Trinajstić information content (AvgIpc) is 2.87. The Morgan fingerprint density at radius 1 is 0.914 bits per heavy atom. The van der Waals surface area contributed by atoms with E-state index in [1.807, 2.05) is 6.07 Å². The summed E-state index contributed by atoms with van der Waals surface area (Å²) >= 11 is 0. The van der Waals surface area contributed by atoms with Gasteiger partial charge in [0.05, 0.1) is 10.6 Å². The summed E-state index contributed by atoms with van der Waals surface area (Å²) in [5.74, 6) is -1.80. The molecule has 0 bridgehead atoms. The van der Waals surface area contributed by atoms with E-state index in [0.29, 0.717) is 6.54 Å². The monoisotopic (exact) mass is 497 g/mol. The van der Waals surface area contributed by atoms with Crippen LogP contribution in [-0.2, 0) is 26.2 Å². The van der Waals surface area contributed by atoms with E-state index in [0.717, 1.165) is 15.9 Å². The number of likely N-dealkylation sites (N-methyl/N-ethyl adjacent to an activating group) is 1. The molecule has 1 atom stereocenters. The molecular formula is C26H28FN3O4S. The minimum Gasteiger partial charge on any atom is -0.355 e. The normalized spacial score (nSPS) is 12.0. The lowest BCUT2D eigenvalue weighted by Gasteiger charge is -2.32. The number of halogens is 1. The van der Waals surface area contributed by atoms with E-state index < -0.39 is 34.3 Å². The fourth-order valence-corrected chi connectivity index (χ4v) is 5.01. The van der Waals surface area contributed by atoms with Crippen molar-refractivity contribution in [3.8, 4) is 0 Å². The highest BCUT2D eigenvalue weighted by Gasteiger charge is 2.33. The van der Waals surface area contributed by atoms with Crippen molar-refractivity contribution < 1.29 is 22.4 Å². The number of sulfonamides is 1. The number of hydrogen-bond acceptors (Lipinski definition) is 4. The van der Waals surface area contributed by atoms with Crippen LogP contribution in [0.1, 0.15) is 19.4 Å². The number of carbonyl (C=O) groups excluding carboxylic acids is 2. The zero-order valence-corrected chi connectivity index (χ0v) is 20.4. The summed E-state index contributed by atoms with van der Waals surface area (Å²) in [6.07, 6.45) is 0. The number of anilines is 1. The number of para-hydroxylation sites is 1. The molecule has 0 radical (unpaired) electrons. The van der Waals surface area contributed by atoms with Crippen LogP contribution in [0.25, 0.3) is 0 Å². The number of benzene rings is 3. The molecule has 0 aliphatic heterocycles. The van der Waals surface area contributed by atoms with Gasteiger partial charge in [-0.2, -0.15) is 0 Å². The Hall–Kier alpha value is -3.72. The van der Waals surface area contributed by atoms with Crippen LogP contribution in [0.5, 0.6) is 0 Å². The van der Waals surface area contributed by atoms with Crippen LogP contribution in [0.4, 0.5) is 10.1 Å². The second-order valence-corrected chi connectivity index (χ2v) is 9.72. The highest BCUT2D eigenvalue weighted by molar-refractivity contribution is 7.92. The molecule has 1 unspecified atom stereocenters. The molecule has 3 aromatic rings. The van der Waals surface area contributed by atoms with Gasteiger partial charge in [-0.25, -0.2) is 12.8 Å². The second-order valence-electron chi connectivity index (χ2n) is 7.85. The fourth-order valence-electron chi connectivity index (χ4n) is 3.57. The standard InChI is InChI=1S/C26H28FN3O4S/c1-3-28-26(32)20(2)29(18-21-12-6-4-7-13-21)25(31)19-30(24-17-11-10-16-23(24)27)35(33,34)22-14-8-5-9-15-22/h4-17,20H,3,18-19H2,1-2H3,(H,28,32). The van der Waals surface area contributed by atoms with Crippen molar-refractivity contribution in [2.24, 2.45) is 0 Å². The molecule has 0 saturated heterocycles. The number of hydrogen-bond donors (Lipinski definition) is 1. The number of rotatable bonds is 10. The lowest BCUT2D eigenvalue weighted by atomic mass is 10.1. The van der Waals surface area contributed by atoms with E-state index in [-0.39, 0.29) is 23.0 Å². The Morgan fingerprint density at radius 3 is 2.09 bits per heavy atom. The fraction of sp³-hybridized carbons (Fsp3) is 0.231. The van der Waals surface area contributed by atoms with Gasteiger partial charge in [0.15, 0.2) is 0 Å².